The maximum Gasteiger partial charge on any atom is 0.172 e. The van der Waals surface area contributed by atoms with Crippen molar-refractivity contribution >= 4 is 19.1 Å². The lowest BCUT2D eigenvalue weighted by Gasteiger charge is -2.19. The van der Waals surface area contributed by atoms with E-state index < -0.39 is 5.82 Å². The van der Waals surface area contributed by atoms with E-state index in [0.29, 0.717) is 18.4 Å². The quantitative estimate of drug-likeness (QED) is 0.302. The molecule has 1 fully saturated rings. The summed E-state index contributed by atoms with van der Waals surface area (Å²) in [4.78, 5) is 3.98. The minimum absolute atomic E-state index is 0.106. The molecule has 1 heterocycles. The van der Waals surface area contributed by atoms with Crippen molar-refractivity contribution in [2.45, 2.75) is 38.2 Å². The summed E-state index contributed by atoms with van der Waals surface area (Å²) >= 11 is 0. The lowest BCUT2D eigenvalue weighted by molar-refractivity contribution is -0.00629. The van der Waals surface area contributed by atoms with Gasteiger partial charge in [0.25, 0.3) is 0 Å². The van der Waals surface area contributed by atoms with Crippen LogP contribution in [0.15, 0.2) is 60.7 Å². The predicted octanol–water partition coefficient (Wildman–Crippen LogP) is 8.08. The SMILES string of the molecule is Oc1cc(F)ccc1C1=C(c2ccc(OC3CCP(CCCF)C3)cc2)c2ccc(OF)cc2CCC1. The monoisotopic (exact) mass is 526 g/mol. The Morgan fingerprint density at radius 3 is 2.49 bits per heavy atom. The second-order valence-corrected chi connectivity index (χ2v) is 12.3. The fraction of sp³-hybridized carbons (Fsp3) is 0.333. The Morgan fingerprint density at radius 2 is 1.73 bits per heavy atom. The summed E-state index contributed by atoms with van der Waals surface area (Å²) in [7, 11) is -0.136. The molecule has 1 aliphatic heterocycles. The number of hydrogen-bond donors (Lipinski definition) is 1. The number of hydrogen-bond acceptors (Lipinski definition) is 3. The van der Waals surface area contributed by atoms with E-state index in [2.05, 4.69) is 4.94 Å². The van der Waals surface area contributed by atoms with Crippen molar-refractivity contribution in [3.05, 3.63) is 88.7 Å². The summed E-state index contributed by atoms with van der Waals surface area (Å²) < 4.78 is 45.5. The van der Waals surface area contributed by atoms with Crippen molar-refractivity contribution in [2.75, 3.05) is 25.2 Å². The van der Waals surface area contributed by atoms with Gasteiger partial charge in [0.1, 0.15) is 23.4 Å². The zero-order chi connectivity index (χ0) is 25.8. The second-order valence-electron chi connectivity index (χ2n) is 9.66. The second kappa shape index (κ2) is 11.6. The normalized spacial score (nSPS) is 19.4. The zero-order valence-corrected chi connectivity index (χ0v) is 21.5. The van der Waals surface area contributed by atoms with Crippen molar-refractivity contribution in [1.29, 1.82) is 0 Å². The molecule has 1 saturated heterocycles. The molecule has 0 bridgehead atoms. The molecule has 3 nitrogen and oxygen atoms in total. The van der Waals surface area contributed by atoms with E-state index in [-0.39, 0.29) is 32.2 Å². The summed E-state index contributed by atoms with van der Waals surface area (Å²) in [5.41, 5.74) is 5.23. The van der Waals surface area contributed by atoms with E-state index in [0.717, 1.165) is 77.4 Å². The van der Waals surface area contributed by atoms with Crippen molar-refractivity contribution in [2.24, 2.45) is 0 Å². The highest BCUT2D eigenvalue weighted by Gasteiger charge is 2.26. The van der Waals surface area contributed by atoms with E-state index in [1.165, 1.54) is 6.07 Å². The Bertz CT molecular complexity index is 1280. The molecule has 3 aromatic carbocycles. The summed E-state index contributed by atoms with van der Waals surface area (Å²) in [5, 5.41) is 10.6. The summed E-state index contributed by atoms with van der Waals surface area (Å²) in [5.74, 6) is 0.338. The van der Waals surface area contributed by atoms with Gasteiger partial charge in [-0.25, -0.2) is 4.39 Å². The van der Waals surface area contributed by atoms with E-state index in [1.807, 2.05) is 30.3 Å². The first-order chi connectivity index (χ1) is 18.1. The van der Waals surface area contributed by atoms with Gasteiger partial charge >= 0.3 is 0 Å². The Morgan fingerprint density at radius 1 is 0.946 bits per heavy atom. The topological polar surface area (TPSA) is 38.7 Å². The predicted molar refractivity (Wildman–Crippen MR) is 143 cm³/mol. The lowest BCUT2D eigenvalue weighted by Crippen LogP contribution is -2.15. The van der Waals surface area contributed by atoms with Gasteiger partial charge in [-0.3, -0.25) is 9.33 Å². The maximum absolute atomic E-state index is 13.8. The smallest absolute Gasteiger partial charge is 0.172 e. The molecule has 2 atom stereocenters. The first-order valence-electron chi connectivity index (χ1n) is 12.7. The van der Waals surface area contributed by atoms with E-state index in [9.17, 15) is 18.4 Å². The third-order valence-corrected chi connectivity index (χ3v) is 9.94. The summed E-state index contributed by atoms with van der Waals surface area (Å²) in [6.45, 7) is -0.245. The van der Waals surface area contributed by atoms with Gasteiger partial charge in [-0.1, -0.05) is 18.2 Å². The van der Waals surface area contributed by atoms with Gasteiger partial charge in [-0.2, -0.15) is 0 Å². The minimum atomic E-state index is -0.496. The lowest BCUT2D eigenvalue weighted by atomic mass is 9.87. The molecule has 0 amide bonds. The first kappa shape index (κ1) is 25.7. The number of aryl methyl sites for hydroxylation is 1. The van der Waals surface area contributed by atoms with Crippen LogP contribution >= 0.6 is 7.92 Å². The molecule has 2 unspecified atom stereocenters. The number of allylic oxidation sites excluding steroid dienone is 1. The van der Waals surface area contributed by atoms with Crippen LogP contribution < -0.4 is 9.68 Å². The van der Waals surface area contributed by atoms with Gasteiger partial charge in [0.05, 0.1) is 6.67 Å². The molecule has 0 radical (unpaired) electrons. The molecule has 5 rings (SSSR count). The van der Waals surface area contributed by atoms with E-state index >= 15 is 0 Å². The molecule has 1 aliphatic carbocycles. The fourth-order valence-corrected chi connectivity index (χ4v) is 8.09. The number of benzene rings is 3. The highest BCUT2D eigenvalue weighted by atomic mass is 31.1. The molecule has 194 valence electrons. The number of ether oxygens (including phenoxy) is 1. The first-order valence-corrected chi connectivity index (χ1v) is 14.6. The molecule has 3 aromatic rings. The van der Waals surface area contributed by atoms with Crippen LogP contribution in [0.4, 0.5) is 13.3 Å². The number of alkyl halides is 1. The Balaban J connectivity index is 1.49. The third-order valence-electron chi connectivity index (χ3n) is 7.18. The van der Waals surface area contributed by atoms with Gasteiger partial charge in [0, 0.05) is 22.3 Å². The van der Waals surface area contributed by atoms with Gasteiger partial charge in [-0.15, -0.1) is 7.92 Å². The van der Waals surface area contributed by atoms with Crippen LogP contribution in [-0.4, -0.2) is 36.4 Å². The standard InChI is InChI=1S/C30H30F3O3P/c31-14-2-15-37-16-13-25(19-37)35-23-8-5-20(6-9-23)30-26-12-10-24(36-33)17-21(26)3-1-4-28(30)27-11-7-22(32)18-29(27)34/h5-12,17-18,25,34H,1-4,13-16,19H2. The van der Waals surface area contributed by atoms with Crippen LogP contribution in [0.5, 0.6) is 17.2 Å². The van der Waals surface area contributed by atoms with Crippen LogP contribution in [0.2, 0.25) is 0 Å². The molecule has 7 heteroatoms. The average Bonchev–Trinajstić information content (AvgIpc) is 3.26. The molecular formula is C30H30F3O3P. The largest absolute Gasteiger partial charge is 0.507 e. The molecule has 1 N–H and O–H groups in total. The zero-order valence-electron chi connectivity index (χ0n) is 20.6. The average molecular weight is 527 g/mol. The Hall–Kier alpha value is -2.98. The van der Waals surface area contributed by atoms with Crippen LogP contribution in [0.1, 0.15) is 47.9 Å². The molecule has 37 heavy (non-hydrogen) atoms. The van der Waals surface area contributed by atoms with Crippen LogP contribution in [-0.2, 0) is 6.42 Å². The number of rotatable bonds is 8. The van der Waals surface area contributed by atoms with Gasteiger partial charge < -0.3 is 9.84 Å². The highest BCUT2D eigenvalue weighted by molar-refractivity contribution is 7.58. The summed E-state index contributed by atoms with van der Waals surface area (Å²) in [6.07, 6.45) is 7.12. The molecule has 0 spiro atoms. The molecule has 0 aromatic heterocycles. The number of phenolic OH excluding ortho intramolecular Hbond substituents is 1. The van der Waals surface area contributed by atoms with E-state index in [4.69, 9.17) is 4.74 Å². The van der Waals surface area contributed by atoms with Gasteiger partial charge in [0.15, 0.2) is 5.75 Å². The van der Waals surface area contributed by atoms with Crippen molar-refractivity contribution in [3.63, 3.8) is 0 Å². The van der Waals surface area contributed by atoms with Crippen molar-refractivity contribution < 1.29 is 28.1 Å². The summed E-state index contributed by atoms with van der Waals surface area (Å²) in [6, 6.07) is 17.1. The number of phenols is 1. The Labute approximate surface area is 216 Å². The number of halogens is 3. The van der Waals surface area contributed by atoms with Crippen molar-refractivity contribution in [3.8, 4) is 17.2 Å². The van der Waals surface area contributed by atoms with Crippen LogP contribution in [0.25, 0.3) is 11.1 Å². The minimum Gasteiger partial charge on any atom is -0.507 e. The van der Waals surface area contributed by atoms with Crippen LogP contribution in [0, 0.1) is 5.82 Å². The van der Waals surface area contributed by atoms with Gasteiger partial charge in [0.2, 0.25) is 0 Å². The number of fused-ring (bicyclic) bond motifs is 1. The Kier molecular flexibility index (Phi) is 8.05. The maximum atomic E-state index is 13.8. The highest BCUT2D eigenvalue weighted by Crippen LogP contribution is 2.46. The number of aromatic hydroxyl groups is 1. The fourth-order valence-electron chi connectivity index (χ4n) is 5.44. The van der Waals surface area contributed by atoms with Crippen molar-refractivity contribution in [1.82, 2.24) is 0 Å². The van der Waals surface area contributed by atoms with Gasteiger partial charge in [-0.05, 0) is 109 Å². The van der Waals surface area contributed by atoms with E-state index in [1.54, 1.807) is 18.2 Å². The molecule has 2 aliphatic rings. The molecule has 0 saturated carbocycles. The third kappa shape index (κ3) is 5.80. The molecular weight excluding hydrogens is 496 g/mol. The van der Waals surface area contributed by atoms with Crippen LogP contribution in [0.3, 0.4) is 0 Å².